The van der Waals surface area contributed by atoms with E-state index in [1.165, 1.54) is 0 Å². The van der Waals surface area contributed by atoms with E-state index in [0.29, 0.717) is 17.8 Å². The summed E-state index contributed by atoms with van der Waals surface area (Å²) < 4.78 is 0.959. The Morgan fingerprint density at radius 2 is 2.08 bits per heavy atom. The maximum absolute atomic E-state index is 11.6. The second-order valence-electron chi connectivity index (χ2n) is 6.71. The van der Waals surface area contributed by atoms with E-state index in [2.05, 4.69) is 27.0 Å². The monoisotopic (exact) mass is 410 g/mol. The number of carbonyl (C=O) groups is 1. The molecule has 130 valence electrons. The van der Waals surface area contributed by atoms with E-state index in [-0.39, 0.29) is 6.42 Å². The van der Waals surface area contributed by atoms with E-state index in [1.54, 1.807) is 0 Å². The summed E-state index contributed by atoms with van der Waals surface area (Å²) in [5.74, 6) is -1.04. The van der Waals surface area contributed by atoms with Crippen molar-refractivity contribution in [2.45, 2.75) is 12.0 Å². The van der Waals surface area contributed by atoms with E-state index >= 15 is 0 Å². The molecule has 5 rings (SSSR count). The van der Waals surface area contributed by atoms with Crippen LogP contribution >= 0.6 is 15.9 Å². The van der Waals surface area contributed by atoms with Crippen molar-refractivity contribution >= 4 is 50.3 Å². The molecular weight excluding hydrogens is 396 g/mol. The minimum absolute atomic E-state index is 0.381. The van der Waals surface area contributed by atoms with Crippen LogP contribution in [-0.4, -0.2) is 27.7 Å². The summed E-state index contributed by atoms with van der Waals surface area (Å²) in [7, 11) is 0. The molecule has 5 nitrogen and oxygen atoms in total. The Hall–Kier alpha value is -2.57. The number of hydrogen-bond acceptors (Lipinski definition) is 3. The number of benzene rings is 2. The third kappa shape index (κ3) is 1.97. The molecule has 0 bridgehead atoms. The SMILES string of the molecule is O=C(O)CC1(O)C2=c3[nH]c4cc(Br)ccc4c3=CCN2c2ccccc21. The van der Waals surface area contributed by atoms with Crippen LogP contribution in [0.25, 0.3) is 22.7 Å². The summed E-state index contributed by atoms with van der Waals surface area (Å²) in [5.41, 5.74) is 1.49. The molecule has 0 amide bonds. The second kappa shape index (κ2) is 5.22. The summed E-state index contributed by atoms with van der Waals surface area (Å²) in [4.78, 5) is 17.0. The van der Waals surface area contributed by atoms with Gasteiger partial charge in [-0.05, 0) is 18.2 Å². The smallest absolute Gasteiger partial charge is 0.307 e. The molecule has 0 spiro atoms. The fourth-order valence-corrected chi connectivity index (χ4v) is 4.59. The lowest BCUT2D eigenvalue weighted by Gasteiger charge is -2.28. The first-order valence-electron chi connectivity index (χ1n) is 8.32. The molecule has 2 aromatic carbocycles. The number of anilines is 1. The van der Waals surface area contributed by atoms with E-state index in [4.69, 9.17) is 0 Å². The van der Waals surface area contributed by atoms with Gasteiger partial charge < -0.3 is 20.1 Å². The van der Waals surface area contributed by atoms with Gasteiger partial charge in [0.25, 0.3) is 0 Å². The van der Waals surface area contributed by atoms with E-state index in [9.17, 15) is 15.0 Å². The molecule has 1 atom stereocenters. The van der Waals surface area contributed by atoms with Gasteiger partial charge in [-0.25, -0.2) is 0 Å². The standard InChI is InChI=1S/C20H15BrN2O3/c21-11-5-6-12-13-7-8-23-16-4-2-1-3-14(16)20(26,10-17(24)25)19(23)18(13)22-15(12)9-11/h1-7,9,22,26H,8,10H2,(H,24,25). The van der Waals surface area contributed by atoms with Crippen molar-refractivity contribution in [2.24, 2.45) is 0 Å². The predicted octanol–water partition coefficient (Wildman–Crippen LogP) is 2.02. The lowest BCUT2D eigenvalue weighted by Crippen LogP contribution is -2.44. The summed E-state index contributed by atoms with van der Waals surface area (Å²) in [6, 6.07) is 13.5. The topological polar surface area (TPSA) is 76.6 Å². The van der Waals surface area contributed by atoms with Crippen LogP contribution in [0.2, 0.25) is 0 Å². The molecule has 0 saturated carbocycles. The first-order chi connectivity index (χ1) is 12.5. The van der Waals surface area contributed by atoms with Crippen molar-refractivity contribution in [3.8, 4) is 0 Å². The van der Waals surface area contributed by atoms with Crippen molar-refractivity contribution in [1.82, 2.24) is 4.98 Å². The number of rotatable bonds is 2. The molecule has 1 unspecified atom stereocenters. The van der Waals surface area contributed by atoms with Gasteiger partial charge in [-0.2, -0.15) is 0 Å². The normalized spacial score (nSPS) is 20.5. The molecule has 0 radical (unpaired) electrons. The van der Waals surface area contributed by atoms with Crippen LogP contribution in [0.15, 0.2) is 46.9 Å². The number of nitrogens with one attached hydrogen (secondary N) is 1. The number of carboxylic acids is 1. The Balaban J connectivity index is 1.92. The Morgan fingerprint density at radius 3 is 2.88 bits per heavy atom. The van der Waals surface area contributed by atoms with Crippen LogP contribution in [0.5, 0.6) is 0 Å². The fraction of sp³-hybridized carbons (Fsp3) is 0.150. The van der Waals surface area contributed by atoms with Gasteiger partial charge in [0.2, 0.25) is 0 Å². The first kappa shape index (κ1) is 15.7. The minimum atomic E-state index is -1.57. The van der Waals surface area contributed by atoms with Crippen molar-refractivity contribution < 1.29 is 15.0 Å². The molecule has 2 aliphatic heterocycles. The Bertz CT molecular complexity index is 1210. The summed E-state index contributed by atoms with van der Waals surface area (Å²) >= 11 is 3.49. The van der Waals surface area contributed by atoms with Gasteiger partial charge in [-0.1, -0.05) is 46.3 Å². The zero-order valence-electron chi connectivity index (χ0n) is 13.7. The second-order valence-corrected chi connectivity index (χ2v) is 7.63. The quantitative estimate of drug-likeness (QED) is 0.603. The number of hydrogen-bond donors (Lipinski definition) is 3. The van der Waals surface area contributed by atoms with Crippen molar-refractivity contribution in [3.05, 3.63) is 63.1 Å². The van der Waals surface area contributed by atoms with Crippen LogP contribution in [-0.2, 0) is 10.4 Å². The number of nitrogens with zero attached hydrogens (tertiary/aromatic N) is 1. The molecule has 0 fully saturated rings. The van der Waals surface area contributed by atoms with Crippen LogP contribution in [0, 0.1) is 0 Å². The van der Waals surface area contributed by atoms with Crippen molar-refractivity contribution in [1.29, 1.82) is 0 Å². The van der Waals surface area contributed by atoms with Crippen LogP contribution < -0.4 is 15.5 Å². The number of carboxylic acid groups (broad SMARTS) is 1. The number of para-hydroxylation sites is 1. The number of aromatic nitrogens is 1. The van der Waals surface area contributed by atoms with Crippen LogP contribution in [0.3, 0.4) is 0 Å². The number of halogens is 1. The molecule has 1 aromatic heterocycles. The molecule has 6 heteroatoms. The lowest BCUT2D eigenvalue weighted by molar-refractivity contribution is -0.140. The third-order valence-electron chi connectivity index (χ3n) is 5.22. The number of H-pyrrole nitrogens is 1. The molecule has 0 saturated heterocycles. The van der Waals surface area contributed by atoms with E-state index < -0.39 is 11.6 Å². The first-order valence-corrected chi connectivity index (χ1v) is 9.12. The Labute approximate surface area is 157 Å². The molecule has 3 N–H and O–H groups in total. The number of aliphatic hydroxyl groups is 1. The molecule has 0 aliphatic carbocycles. The van der Waals surface area contributed by atoms with Crippen LogP contribution in [0.4, 0.5) is 5.69 Å². The average molecular weight is 411 g/mol. The maximum atomic E-state index is 11.6. The van der Waals surface area contributed by atoms with Crippen molar-refractivity contribution in [3.63, 3.8) is 0 Å². The zero-order chi connectivity index (χ0) is 18.1. The molecule has 3 heterocycles. The van der Waals surface area contributed by atoms with Gasteiger partial charge in [0.05, 0.1) is 17.5 Å². The van der Waals surface area contributed by atoms with Gasteiger partial charge in [0, 0.05) is 38.4 Å². The highest BCUT2D eigenvalue weighted by atomic mass is 79.9. The van der Waals surface area contributed by atoms with Crippen LogP contribution in [0.1, 0.15) is 12.0 Å². The minimum Gasteiger partial charge on any atom is -0.481 e. The van der Waals surface area contributed by atoms with Gasteiger partial charge in [0.1, 0.15) is 5.60 Å². The highest BCUT2D eigenvalue weighted by Crippen LogP contribution is 2.49. The van der Waals surface area contributed by atoms with Crippen molar-refractivity contribution in [2.75, 3.05) is 11.4 Å². The highest BCUT2D eigenvalue weighted by Gasteiger charge is 2.48. The Kier molecular flexibility index (Phi) is 3.14. The highest BCUT2D eigenvalue weighted by molar-refractivity contribution is 9.10. The maximum Gasteiger partial charge on any atom is 0.307 e. The average Bonchev–Trinajstić information content (AvgIpc) is 3.08. The molecule has 26 heavy (non-hydrogen) atoms. The van der Waals surface area contributed by atoms with E-state index in [1.807, 2.05) is 47.4 Å². The summed E-state index contributed by atoms with van der Waals surface area (Å²) in [6.45, 7) is 0.588. The Morgan fingerprint density at radius 1 is 1.27 bits per heavy atom. The number of aliphatic carboxylic acids is 1. The number of fused-ring (bicyclic) bond motifs is 6. The zero-order valence-corrected chi connectivity index (χ0v) is 15.2. The summed E-state index contributed by atoms with van der Waals surface area (Å²) in [6.07, 6.45) is 1.74. The fourth-order valence-electron chi connectivity index (χ4n) is 4.23. The van der Waals surface area contributed by atoms with E-state index in [0.717, 1.165) is 31.6 Å². The van der Waals surface area contributed by atoms with Gasteiger partial charge in [0.15, 0.2) is 0 Å². The third-order valence-corrected chi connectivity index (χ3v) is 5.72. The lowest BCUT2D eigenvalue weighted by atomic mass is 9.89. The van der Waals surface area contributed by atoms with Gasteiger partial charge in [-0.3, -0.25) is 4.79 Å². The predicted molar refractivity (Wildman–Crippen MR) is 103 cm³/mol. The largest absolute Gasteiger partial charge is 0.481 e. The van der Waals surface area contributed by atoms with Gasteiger partial charge >= 0.3 is 5.97 Å². The number of aromatic amines is 1. The molecular formula is C20H15BrN2O3. The summed E-state index contributed by atoms with van der Waals surface area (Å²) in [5, 5.41) is 23.8. The molecule has 3 aromatic rings. The van der Waals surface area contributed by atoms with Gasteiger partial charge in [-0.15, -0.1) is 0 Å². The molecule has 2 aliphatic rings.